The molecule has 1 heterocycles. The fourth-order valence-electron chi connectivity index (χ4n) is 2.09. The molecule has 0 bridgehead atoms. The molecule has 88 valence electrons. The molecule has 1 saturated heterocycles. The molecule has 0 aliphatic carbocycles. The first-order valence-corrected chi connectivity index (χ1v) is 7.19. The summed E-state index contributed by atoms with van der Waals surface area (Å²) in [7, 11) is 0. The normalized spacial score (nSPS) is 24.7. The molecule has 2 atom stereocenters. The van der Waals surface area contributed by atoms with Crippen molar-refractivity contribution in [3.05, 3.63) is 0 Å². The zero-order valence-corrected chi connectivity index (χ0v) is 11.4. The molecule has 1 amide bonds. The molecule has 0 N–H and O–H groups in total. The minimum atomic E-state index is 0.185. The fraction of sp³-hybridized carbons (Fsp3) is 0.917. The number of carbonyl (C=O) groups is 1. The Morgan fingerprint density at radius 2 is 2.20 bits per heavy atom. The molecule has 0 spiro atoms. The minimum absolute atomic E-state index is 0.185. The van der Waals surface area contributed by atoms with Gasteiger partial charge in [0.2, 0.25) is 5.91 Å². The van der Waals surface area contributed by atoms with Crippen LogP contribution in [0, 0.1) is 5.92 Å². The smallest absolute Gasteiger partial charge is 0.225 e. The zero-order chi connectivity index (χ0) is 11.3. The van der Waals surface area contributed by atoms with Gasteiger partial charge in [-0.1, -0.05) is 42.6 Å². The average molecular weight is 276 g/mol. The summed E-state index contributed by atoms with van der Waals surface area (Å²) in [6.45, 7) is 5.08. The molecule has 1 rings (SSSR count). The van der Waals surface area contributed by atoms with Crippen LogP contribution in [0.4, 0.5) is 0 Å². The highest BCUT2D eigenvalue weighted by Crippen LogP contribution is 2.21. The van der Waals surface area contributed by atoms with Crippen LogP contribution in [0.2, 0.25) is 0 Å². The van der Waals surface area contributed by atoms with E-state index in [1.807, 2.05) is 6.92 Å². The maximum absolute atomic E-state index is 12.2. The van der Waals surface area contributed by atoms with E-state index < -0.39 is 0 Å². The Morgan fingerprint density at radius 3 is 2.80 bits per heavy atom. The van der Waals surface area contributed by atoms with Gasteiger partial charge >= 0.3 is 0 Å². The first-order valence-electron chi connectivity index (χ1n) is 6.07. The molecule has 2 nitrogen and oxygen atoms in total. The van der Waals surface area contributed by atoms with E-state index in [4.69, 9.17) is 0 Å². The van der Waals surface area contributed by atoms with Crippen LogP contribution in [0.5, 0.6) is 0 Å². The van der Waals surface area contributed by atoms with Gasteiger partial charge in [-0.3, -0.25) is 4.79 Å². The number of nitrogens with zero attached hydrogens (tertiary/aromatic N) is 1. The maximum atomic E-state index is 12.2. The van der Waals surface area contributed by atoms with E-state index in [1.54, 1.807) is 0 Å². The van der Waals surface area contributed by atoms with Gasteiger partial charge in [0.25, 0.3) is 0 Å². The quantitative estimate of drug-likeness (QED) is 0.725. The van der Waals surface area contributed by atoms with Crippen molar-refractivity contribution in [2.45, 2.75) is 52.0 Å². The van der Waals surface area contributed by atoms with Crippen LogP contribution in [0.1, 0.15) is 46.0 Å². The van der Waals surface area contributed by atoms with Crippen molar-refractivity contribution in [1.29, 1.82) is 0 Å². The molecular formula is C12H22BrNO. The highest BCUT2D eigenvalue weighted by molar-refractivity contribution is 9.09. The Morgan fingerprint density at radius 1 is 1.47 bits per heavy atom. The number of alkyl halides is 1. The molecule has 3 heteroatoms. The monoisotopic (exact) mass is 275 g/mol. The second kappa shape index (κ2) is 6.51. The van der Waals surface area contributed by atoms with Crippen molar-refractivity contribution in [3.8, 4) is 0 Å². The fourth-order valence-corrected chi connectivity index (χ4v) is 2.76. The van der Waals surface area contributed by atoms with Gasteiger partial charge in [-0.25, -0.2) is 0 Å². The molecule has 0 aromatic rings. The van der Waals surface area contributed by atoms with Gasteiger partial charge in [0.15, 0.2) is 0 Å². The lowest BCUT2D eigenvalue weighted by Crippen LogP contribution is -2.43. The summed E-state index contributed by atoms with van der Waals surface area (Å²) >= 11 is 3.53. The summed E-state index contributed by atoms with van der Waals surface area (Å²) < 4.78 is 0. The van der Waals surface area contributed by atoms with Crippen molar-refractivity contribution in [1.82, 2.24) is 4.90 Å². The number of halogens is 1. The Kier molecular flexibility index (Phi) is 5.65. The third kappa shape index (κ3) is 3.47. The van der Waals surface area contributed by atoms with Gasteiger partial charge in [0, 0.05) is 23.8 Å². The SMILES string of the molecule is CCC(C)C(=O)N1CCCCCC1CBr. The van der Waals surface area contributed by atoms with E-state index in [9.17, 15) is 4.79 Å². The van der Waals surface area contributed by atoms with Gasteiger partial charge in [0.05, 0.1) is 0 Å². The van der Waals surface area contributed by atoms with Crippen LogP contribution in [-0.4, -0.2) is 28.7 Å². The van der Waals surface area contributed by atoms with Crippen LogP contribution in [0.15, 0.2) is 0 Å². The second-order valence-corrected chi connectivity index (χ2v) is 5.15. The van der Waals surface area contributed by atoms with Gasteiger partial charge in [0.1, 0.15) is 0 Å². The number of amides is 1. The van der Waals surface area contributed by atoms with Gasteiger partial charge in [-0.05, 0) is 19.3 Å². The molecule has 0 saturated carbocycles. The average Bonchev–Trinajstić information content (AvgIpc) is 2.51. The topological polar surface area (TPSA) is 20.3 Å². The Bertz CT molecular complexity index is 208. The van der Waals surface area contributed by atoms with Crippen molar-refractivity contribution in [2.75, 3.05) is 11.9 Å². The number of likely N-dealkylation sites (tertiary alicyclic amines) is 1. The van der Waals surface area contributed by atoms with Crippen molar-refractivity contribution in [3.63, 3.8) is 0 Å². The van der Waals surface area contributed by atoms with Crippen LogP contribution in [0.3, 0.4) is 0 Å². The lowest BCUT2D eigenvalue weighted by molar-refractivity contribution is -0.136. The number of hydrogen-bond donors (Lipinski definition) is 0. The Labute approximate surface area is 102 Å². The van der Waals surface area contributed by atoms with E-state index in [0.29, 0.717) is 11.9 Å². The molecule has 2 unspecified atom stereocenters. The molecule has 0 aromatic carbocycles. The standard InChI is InChI=1S/C12H22BrNO/c1-3-10(2)12(15)14-8-6-4-5-7-11(14)9-13/h10-11H,3-9H2,1-2H3. The van der Waals surface area contributed by atoms with Gasteiger partial charge < -0.3 is 4.90 Å². The van der Waals surface area contributed by atoms with E-state index in [1.165, 1.54) is 19.3 Å². The summed E-state index contributed by atoms with van der Waals surface area (Å²) in [5.41, 5.74) is 0. The number of carbonyl (C=O) groups excluding carboxylic acids is 1. The molecule has 0 radical (unpaired) electrons. The highest BCUT2D eigenvalue weighted by Gasteiger charge is 2.26. The summed E-state index contributed by atoms with van der Waals surface area (Å²) in [5.74, 6) is 0.536. The number of rotatable bonds is 3. The Hall–Kier alpha value is -0.0500. The van der Waals surface area contributed by atoms with E-state index in [-0.39, 0.29) is 5.92 Å². The largest absolute Gasteiger partial charge is 0.339 e. The number of hydrogen-bond acceptors (Lipinski definition) is 1. The van der Waals surface area contributed by atoms with E-state index in [2.05, 4.69) is 27.8 Å². The molecule has 1 fully saturated rings. The summed E-state index contributed by atoms with van der Waals surface area (Å²) in [6.07, 6.45) is 5.82. The van der Waals surface area contributed by atoms with Crippen molar-refractivity contribution < 1.29 is 4.79 Å². The zero-order valence-electron chi connectivity index (χ0n) is 9.84. The molecular weight excluding hydrogens is 254 g/mol. The molecule has 1 aliphatic heterocycles. The third-order valence-electron chi connectivity index (χ3n) is 3.37. The van der Waals surface area contributed by atoms with E-state index >= 15 is 0 Å². The predicted molar refractivity (Wildman–Crippen MR) is 67.2 cm³/mol. The minimum Gasteiger partial charge on any atom is -0.339 e. The molecule has 1 aliphatic rings. The summed E-state index contributed by atoms with van der Waals surface area (Å²) in [6, 6.07) is 0.425. The lowest BCUT2D eigenvalue weighted by Gasteiger charge is -2.31. The maximum Gasteiger partial charge on any atom is 0.225 e. The van der Waals surface area contributed by atoms with Crippen LogP contribution in [-0.2, 0) is 4.79 Å². The summed E-state index contributed by atoms with van der Waals surface area (Å²) in [4.78, 5) is 14.3. The van der Waals surface area contributed by atoms with Crippen molar-refractivity contribution >= 4 is 21.8 Å². The van der Waals surface area contributed by atoms with Crippen molar-refractivity contribution in [2.24, 2.45) is 5.92 Å². The second-order valence-electron chi connectivity index (χ2n) is 4.50. The van der Waals surface area contributed by atoms with Gasteiger partial charge in [-0.2, -0.15) is 0 Å². The Balaban J connectivity index is 2.65. The third-order valence-corrected chi connectivity index (χ3v) is 4.12. The first-order chi connectivity index (χ1) is 7.20. The van der Waals surface area contributed by atoms with E-state index in [0.717, 1.165) is 24.7 Å². The highest BCUT2D eigenvalue weighted by atomic mass is 79.9. The van der Waals surface area contributed by atoms with Crippen LogP contribution < -0.4 is 0 Å². The first kappa shape index (κ1) is 13.0. The van der Waals surface area contributed by atoms with Crippen LogP contribution >= 0.6 is 15.9 Å². The lowest BCUT2D eigenvalue weighted by atomic mass is 10.1. The summed E-state index contributed by atoms with van der Waals surface area (Å²) in [5, 5.41) is 0.926. The van der Waals surface area contributed by atoms with Crippen LogP contribution in [0.25, 0.3) is 0 Å². The predicted octanol–water partition coefficient (Wildman–Crippen LogP) is 3.20. The molecule has 0 aromatic heterocycles. The van der Waals surface area contributed by atoms with Gasteiger partial charge in [-0.15, -0.1) is 0 Å². The molecule has 15 heavy (non-hydrogen) atoms.